The third-order valence-electron chi connectivity index (χ3n) is 2.30. The van der Waals surface area contributed by atoms with Crippen molar-refractivity contribution in [3.63, 3.8) is 0 Å². The average Bonchev–Trinajstić information content (AvgIpc) is 2.69. The molecule has 2 nitrogen and oxygen atoms in total. The molecule has 0 saturated heterocycles. The van der Waals surface area contributed by atoms with Gasteiger partial charge in [-0.1, -0.05) is 18.2 Å². The van der Waals surface area contributed by atoms with Crippen LogP contribution < -0.4 is 5.43 Å². The van der Waals surface area contributed by atoms with Gasteiger partial charge >= 0.3 is 6.18 Å². The van der Waals surface area contributed by atoms with Crippen LogP contribution in [-0.2, 0) is 6.18 Å². The molecule has 80 valence electrons. The second-order valence-electron chi connectivity index (χ2n) is 3.31. The molecule has 1 aromatic rings. The molecule has 2 rings (SSSR count). The van der Waals surface area contributed by atoms with E-state index in [9.17, 15) is 13.2 Å². The summed E-state index contributed by atoms with van der Waals surface area (Å²) in [5.74, 6) is 0. The predicted molar refractivity (Wildman–Crippen MR) is 50.4 cm³/mol. The summed E-state index contributed by atoms with van der Waals surface area (Å²) in [6.45, 7) is 0. The van der Waals surface area contributed by atoms with Crippen LogP contribution in [0.1, 0.15) is 23.6 Å². The van der Waals surface area contributed by atoms with Gasteiger partial charge in [0.1, 0.15) is 0 Å². The molecule has 1 aliphatic rings. The number of hydrazone groups is 1. The fourth-order valence-electron chi connectivity index (χ4n) is 1.61. The van der Waals surface area contributed by atoms with Crippen molar-refractivity contribution >= 4 is 6.21 Å². The number of nitrogens with one attached hydrogen (secondary N) is 1. The van der Waals surface area contributed by atoms with Gasteiger partial charge in [-0.3, -0.25) is 0 Å². The van der Waals surface area contributed by atoms with Crippen molar-refractivity contribution < 1.29 is 13.2 Å². The van der Waals surface area contributed by atoms with Crippen LogP contribution in [0.3, 0.4) is 0 Å². The van der Waals surface area contributed by atoms with Crippen molar-refractivity contribution in [2.45, 2.75) is 18.6 Å². The Morgan fingerprint density at radius 1 is 1.27 bits per heavy atom. The summed E-state index contributed by atoms with van der Waals surface area (Å²) in [5.41, 5.74) is 2.32. The summed E-state index contributed by atoms with van der Waals surface area (Å²) in [6.07, 6.45) is -2.23. The largest absolute Gasteiger partial charge is 0.416 e. The van der Waals surface area contributed by atoms with Crippen molar-refractivity contribution in [2.24, 2.45) is 5.10 Å². The zero-order chi connectivity index (χ0) is 10.9. The highest BCUT2D eigenvalue weighted by Crippen LogP contribution is 2.35. The number of benzene rings is 1. The number of rotatable bonds is 1. The van der Waals surface area contributed by atoms with E-state index in [0.29, 0.717) is 6.42 Å². The van der Waals surface area contributed by atoms with E-state index in [1.54, 1.807) is 12.3 Å². The third kappa shape index (κ3) is 1.95. The lowest BCUT2D eigenvalue weighted by Crippen LogP contribution is -2.16. The van der Waals surface area contributed by atoms with Crippen LogP contribution in [0.5, 0.6) is 0 Å². The lowest BCUT2D eigenvalue weighted by Gasteiger charge is -2.16. The first-order valence-electron chi connectivity index (χ1n) is 4.52. The van der Waals surface area contributed by atoms with Crippen molar-refractivity contribution in [1.82, 2.24) is 5.43 Å². The Kier molecular flexibility index (Phi) is 2.38. The number of nitrogens with zero attached hydrogens (tertiary/aromatic N) is 1. The van der Waals surface area contributed by atoms with Crippen LogP contribution in [-0.4, -0.2) is 6.21 Å². The fraction of sp³-hybridized carbons (Fsp3) is 0.300. The maximum atomic E-state index is 12.6. The smallest absolute Gasteiger partial charge is 0.303 e. The molecule has 1 heterocycles. The minimum Gasteiger partial charge on any atom is -0.303 e. The van der Waals surface area contributed by atoms with E-state index >= 15 is 0 Å². The molecule has 0 aromatic heterocycles. The van der Waals surface area contributed by atoms with Crippen molar-refractivity contribution in [3.8, 4) is 0 Å². The highest BCUT2D eigenvalue weighted by molar-refractivity contribution is 5.61. The number of hydrogen-bond donors (Lipinski definition) is 1. The Hall–Kier alpha value is -1.52. The van der Waals surface area contributed by atoms with E-state index < -0.39 is 11.7 Å². The van der Waals surface area contributed by atoms with E-state index in [1.165, 1.54) is 12.1 Å². The molecule has 15 heavy (non-hydrogen) atoms. The molecular formula is C10H9F3N2. The fourth-order valence-corrected chi connectivity index (χ4v) is 1.61. The monoisotopic (exact) mass is 214 g/mol. The molecule has 0 fully saturated rings. The van der Waals surface area contributed by atoms with Gasteiger partial charge in [-0.25, -0.2) is 0 Å². The first-order valence-corrected chi connectivity index (χ1v) is 4.52. The zero-order valence-electron chi connectivity index (χ0n) is 7.75. The lowest BCUT2D eigenvalue weighted by atomic mass is 9.99. The standard InChI is InChI=1S/C10H9F3N2/c11-10(12,13)8-4-2-1-3-7(8)9-5-6-14-15-9/h1-4,6,9,15H,5H2. The van der Waals surface area contributed by atoms with Crippen LogP contribution in [0.4, 0.5) is 13.2 Å². The molecule has 1 unspecified atom stereocenters. The molecule has 1 aliphatic heterocycles. The molecule has 1 aromatic carbocycles. The maximum absolute atomic E-state index is 12.6. The predicted octanol–water partition coefficient (Wildman–Crippen LogP) is 2.73. The molecule has 0 saturated carbocycles. The topological polar surface area (TPSA) is 24.4 Å². The van der Waals surface area contributed by atoms with Gasteiger partial charge in [-0.2, -0.15) is 18.3 Å². The molecular weight excluding hydrogens is 205 g/mol. The maximum Gasteiger partial charge on any atom is 0.416 e. The first kappa shape index (κ1) is 10.0. The lowest BCUT2D eigenvalue weighted by molar-refractivity contribution is -0.138. The van der Waals surface area contributed by atoms with Crippen molar-refractivity contribution in [3.05, 3.63) is 35.4 Å². The normalized spacial score (nSPS) is 20.3. The van der Waals surface area contributed by atoms with E-state index in [1.807, 2.05) is 0 Å². The van der Waals surface area contributed by atoms with Gasteiger partial charge in [0, 0.05) is 12.6 Å². The van der Waals surface area contributed by atoms with Crippen LogP contribution in [0.25, 0.3) is 0 Å². The van der Waals surface area contributed by atoms with Crippen LogP contribution >= 0.6 is 0 Å². The minimum atomic E-state index is -4.30. The Morgan fingerprint density at radius 3 is 2.60 bits per heavy atom. The summed E-state index contributed by atoms with van der Waals surface area (Å²) in [7, 11) is 0. The van der Waals surface area contributed by atoms with Gasteiger partial charge in [0.15, 0.2) is 0 Å². The molecule has 5 heteroatoms. The molecule has 0 bridgehead atoms. The van der Waals surface area contributed by atoms with Crippen LogP contribution in [0.2, 0.25) is 0 Å². The molecule has 0 spiro atoms. The van der Waals surface area contributed by atoms with E-state index in [2.05, 4.69) is 10.5 Å². The quantitative estimate of drug-likeness (QED) is 0.763. The summed E-state index contributed by atoms with van der Waals surface area (Å²) < 4.78 is 37.9. The average molecular weight is 214 g/mol. The SMILES string of the molecule is FC(F)(F)c1ccccc1C1CC=NN1. The first-order chi connectivity index (χ1) is 7.09. The molecule has 0 amide bonds. The highest BCUT2D eigenvalue weighted by atomic mass is 19.4. The zero-order valence-corrected chi connectivity index (χ0v) is 7.75. The Morgan fingerprint density at radius 2 is 2.00 bits per heavy atom. The Labute approximate surface area is 84.8 Å². The van der Waals surface area contributed by atoms with Gasteiger partial charge in [0.2, 0.25) is 0 Å². The van der Waals surface area contributed by atoms with E-state index in [4.69, 9.17) is 0 Å². The summed E-state index contributed by atoms with van der Waals surface area (Å²) in [4.78, 5) is 0. The molecule has 0 aliphatic carbocycles. The van der Waals surface area contributed by atoms with E-state index in [-0.39, 0.29) is 11.6 Å². The molecule has 1 N–H and O–H groups in total. The number of alkyl halides is 3. The second-order valence-corrected chi connectivity index (χ2v) is 3.31. The van der Waals surface area contributed by atoms with Gasteiger partial charge in [0.05, 0.1) is 11.6 Å². The summed E-state index contributed by atoms with van der Waals surface area (Å²) >= 11 is 0. The Balaban J connectivity index is 2.38. The van der Waals surface area contributed by atoms with Gasteiger partial charge in [0.25, 0.3) is 0 Å². The van der Waals surface area contributed by atoms with Crippen LogP contribution in [0.15, 0.2) is 29.4 Å². The number of hydrogen-bond acceptors (Lipinski definition) is 2. The second kappa shape index (κ2) is 3.56. The molecule has 0 radical (unpaired) electrons. The summed E-state index contributed by atoms with van der Waals surface area (Å²) in [6, 6.07) is 5.21. The third-order valence-corrected chi connectivity index (χ3v) is 2.30. The highest BCUT2D eigenvalue weighted by Gasteiger charge is 2.35. The van der Waals surface area contributed by atoms with E-state index in [0.717, 1.165) is 6.07 Å². The number of halogens is 3. The minimum absolute atomic E-state index is 0.252. The Bertz CT molecular complexity index is 376. The summed E-state index contributed by atoms with van der Waals surface area (Å²) in [5, 5.41) is 3.72. The van der Waals surface area contributed by atoms with Crippen molar-refractivity contribution in [1.29, 1.82) is 0 Å². The molecule has 1 atom stereocenters. The van der Waals surface area contributed by atoms with Crippen molar-refractivity contribution in [2.75, 3.05) is 0 Å². The van der Waals surface area contributed by atoms with Gasteiger partial charge < -0.3 is 5.43 Å². The van der Waals surface area contributed by atoms with Crippen LogP contribution in [0, 0.1) is 0 Å². The van der Waals surface area contributed by atoms with Gasteiger partial charge in [-0.15, -0.1) is 0 Å². The van der Waals surface area contributed by atoms with Gasteiger partial charge in [-0.05, 0) is 11.6 Å².